The van der Waals surface area contributed by atoms with Gasteiger partial charge < -0.3 is 0 Å². The van der Waals surface area contributed by atoms with Gasteiger partial charge in [-0.25, -0.2) is 4.98 Å². The van der Waals surface area contributed by atoms with Crippen LogP contribution in [0.15, 0.2) is 59.5 Å². The molecule has 3 heterocycles. The lowest BCUT2D eigenvalue weighted by Crippen LogP contribution is -2.47. The first-order valence-electron chi connectivity index (χ1n) is 10.8. The van der Waals surface area contributed by atoms with E-state index in [4.69, 9.17) is 16.6 Å². The summed E-state index contributed by atoms with van der Waals surface area (Å²) in [6, 6.07) is 16.4. The van der Waals surface area contributed by atoms with E-state index >= 15 is 0 Å². The average Bonchev–Trinajstić information content (AvgIpc) is 2.75. The van der Waals surface area contributed by atoms with Gasteiger partial charge in [0, 0.05) is 37.9 Å². The van der Waals surface area contributed by atoms with Gasteiger partial charge in [-0.3, -0.25) is 19.0 Å². The van der Waals surface area contributed by atoms with Crippen LogP contribution in [0.25, 0.3) is 5.65 Å². The fraction of sp³-hybridized carbons (Fsp3) is 0.417. The summed E-state index contributed by atoms with van der Waals surface area (Å²) >= 11 is 6.03. The molecule has 4 rings (SSSR count). The van der Waals surface area contributed by atoms with Crippen LogP contribution in [0.1, 0.15) is 37.4 Å². The minimum atomic E-state index is -0.0803. The highest BCUT2D eigenvalue weighted by Crippen LogP contribution is 2.20. The van der Waals surface area contributed by atoms with Crippen molar-refractivity contribution in [2.45, 2.75) is 45.3 Å². The molecule has 0 radical (unpaired) electrons. The second kappa shape index (κ2) is 9.73. The minimum Gasteiger partial charge on any atom is -0.298 e. The number of hydrogen-bond acceptors (Lipinski definition) is 4. The van der Waals surface area contributed by atoms with Crippen LogP contribution in [0.3, 0.4) is 0 Å². The first kappa shape index (κ1) is 21.0. The number of fused-ring (bicyclic) bond motifs is 1. The fourth-order valence-electron chi connectivity index (χ4n) is 4.41. The first-order valence-corrected chi connectivity index (χ1v) is 11.2. The summed E-state index contributed by atoms with van der Waals surface area (Å²) < 4.78 is 1.51. The van der Waals surface area contributed by atoms with Gasteiger partial charge in [-0.2, -0.15) is 0 Å². The molecule has 1 aliphatic heterocycles. The van der Waals surface area contributed by atoms with Gasteiger partial charge in [-0.1, -0.05) is 48.9 Å². The molecule has 1 saturated heterocycles. The van der Waals surface area contributed by atoms with Gasteiger partial charge in [0.25, 0.3) is 5.56 Å². The zero-order chi connectivity index (χ0) is 20.9. The Morgan fingerprint density at radius 1 is 1.20 bits per heavy atom. The van der Waals surface area contributed by atoms with Gasteiger partial charge in [-0.15, -0.1) is 0 Å². The third kappa shape index (κ3) is 5.09. The molecule has 1 unspecified atom stereocenters. The van der Waals surface area contributed by atoms with Crippen LogP contribution in [-0.2, 0) is 13.1 Å². The Morgan fingerprint density at radius 3 is 2.83 bits per heavy atom. The summed E-state index contributed by atoms with van der Waals surface area (Å²) in [5, 5.41) is 0.535. The maximum Gasteiger partial charge on any atom is 0.258 e. The van der Waals surface area contributed by atoms with Crippen LogP contribution in [-0.4, -0.2) is 44.9 Å². The SMILES string of the molecule is CCCN(Cc1cc(=O)n2cc(Cl)ccc2n1)C1CCCN(Cc2ccccc2)C1. The van der Waals surface area contributed by atoms with Crippen molar-refractivity contribution in [1.29, 1.82) is 0 Å². The predicted octanol–water partition coefficient (Wildman–Crippen LogP) is 4.22. The molecule has 1 aliphatic rings. The van der Waals surface area contributed by atoms with E-state index in [2.05, 4.69) is 47.1 Å². The molecule has 0 aliphatic carbocycles. The Labute approximate surface area is 182 Å². The summed E-state index contributed by atoms with van der Waals surface area (Å²) in [5.41, 5.74) is 2.76. The van der Waals surface area contributed by atoms with Gasteiger partial charge in [0.2, 0.25) is 0 Å². The van der Waals surface area contributed by atoms with Crippen molar-refractivity contribution in [2.75, 3.05) is 19.6 Å². The van der Waals surface area contributed by atoms with Crippen molar-refractivity contribution in [3.63, 3.8) is 0 Å². The van der Waals surface area contributed by atoms with E-state index in [0.717, 1.165) is 38.3 Å². The molecule has 0 N–H and O–H groups in total. The molecule has 0 bridgehead atoms. The number of benzene rings is 1. The van der Waals surface area contributed by atoms with Crippen LogP contribution in [0.2, 0.25) is 5.02 Å². The van der Waals surface area contributed by atoms with E-state index in [1.165, 1.54) is 22.8 Å². The third-order valence-electron chi connectivity index (χ3n) is 5.80. The normalized spacial score (nSPS) is 17.6. The standard InChI is InChI=1S/C24H29ClN4O/c1-2-12-28(17-21-14-24(30)29-16-20(25)10-11-23(29)26-21)22-9-6-13-27(18-22)15-19-7-4-3-5-8-19/h3-5,7-8,10-11,14,16,22H,2,6,9,12-13,15,17-18H2,1H3. The number of likely N-dealkylation sites (tertiary alicyclic amines) is 1. The highest BCUT2D eigenvalue weighted by molar-refractivity contribution is 6.30. The van der Waals surface area contributed by atoms with Gasteiger partial charge in [-0.05, 0) is 50.0 Å². The van der Waals surface area contributed by atoms with Gasteiger partial charge >= 0.3 is 0 Å². The Kier molecular flexibility index (Phi) is 6.82. The summed E-state index contributed by atoms with van der Waals surface area (Å²) in [7, 11) is 0. The van der Waals surface area contributed by atoms with Crippen LogP contribution in [0.5, 0.6) is 0 Å². The smallest absolute Gasteiger partial charge is 0.258 e. The van der Waals surface area contributed by atoms with E-state index in [-0.39, 0.29) is 5.56 Å². The van der Waals surface area contributed by atoms with Crippen LogP contribution in [0.4, 0.5) is 0 Å². The van der Waals surface area contributed by atoms with Crippen LogP contribution < -0.4 is 5.56 Å². The van der Waals surface area contributed by atoms with Crippen molar-refractivity contribution in [3.8, 4) is 0 Å². The molecular weight excluding hydrogens is 396 g/mol. The number of pyridine rings is 1. The molecule has 3 aromatic rings. The number of piperidine rings is 1. The molecule has 1 fully saturated rings. The molecule has 0 amide bonds. The summed E-state index contributed by atoms with van der Waals surface area (Å²) in [6.45, 7) is 7.10. The Hall–Kier alpha value is -2.21. The van der Waals surface area contributed by atoms with Crippen LogP contribution in [0, 0.1) is 0 Å². The van der Waals surface area contributed by atoms with Crippen molar-refractivity contribution in [3.05, 3.63) is 81.4 Å². The number of nitrogens with zero attached hydrogens (tertiary/aromatic N) is 4. The number of rotatable bonds is 7. The largest absolute Gasteiger partial charge is 0.298 e. The summed E-state index contributed by atoms with van der Waals surface area (Å²) in [6.07, 6.45) is 5.09. The van der Waals surface area contributed by atoms with E-state index < -0.39 is 0 Å². The molecule has 0 saturated carbocycles. The minimum absolute atomic E-state index is 0.0803. The molecule has 0 spiro atoms. The highest BCUT2D eigenvalue weighted by Gasteiger charge is 2.25. The molecule has 1 aromatic carbocycles. The Balaban J connectivity index is 1.50. The molecular formula is C24H29ClN4O. The predicted molar refractivity (Wildman–Crippen MR) is 122 cm³/mol. The zero-order valence-corrected chi connectivity index (χ0v) is 18.3. The van der Waals surface area contributed by atoms with Gasteiger partial charge in [0.05, 0.1) is 10.7 Å². The summed E-state index contributed by atoms with van der Waals surface area (Å²) in [5.74, 6) is 0. The maximum absolute atomic E-state index is 12.6. The monoisotopic (exact) mass is 424 g/mol. The lowest BCUT2D eigenvalue weighted by molar-refractivity contribution is 0.0868. The molecule has 1 atom stereocenters. The highest BCUT2D eigenvalue weighted by atomic mass is 35.5. The van der Waals surface area contributed by atoms with E-state index in [0.29, 0.717) is 23.3 Å². The molecule has 6 heteroatoms. The van der Waals surface area contributed by atoms with Crippen molar-refractivity contribution >= 4 is 17.2 Å². The number of halogens is 1. The van der Waals surface area contributed by atoms with Gasteiger partial charge in [0.15, 0.2) is 0 Å². The Bertz CT molecular complexity index is 1040. The van der Waals surface area contributed by atoms with Crippen molar-refractivity contribution in [2.24, 2.45) is 0 Å². The number of hydrogen-bond donors (Lipinski definition) is 0. The van der Waals surface area contributed by atoms with Crippen molar-refractivity contribution in [1.82, 2.24) is 19.2 Å². The first-order chi connectivity index (χ1) is 14.6. The van der Waals surface area contributed by atoms with Crippen molar-refractivity contribution < 1.29 is 0 Å². The fourth-order valence-corrected chi connectivity index (χ4v) is 4.57. The summed E-state index contributed by atoms with van der Waals surface area (Å²) in [4.78, 5) is 22.3. The van der Waals surface area contributed by atoms with E-state index in [1.807, 2.05) is 0 Å². The topological polar surface area (TPSA) is 40.9 Å². The van der Waals surface area contributed by atoms with Crippen LogP contribution >= 0.6 is 11.6 Å². The van der Waals surface area contributed by atoms with Gasteiger partial charge in [0.1, 0.15) is 5.65 Å². The Morgan fingerprint density at radius 2 is 2.03 bits per heavy atom. The van der Waals surface area contributed by atoms with E-state index in [9.17, 15) is 4.79 Å². The molecule has 2 aromatic heterocycles. The number of aromatic nitrogens is 2. The lowest BCUT2D eigenvalue weighted by atomic mass is 10.0. The second-order valence-corrected chi connectivity index (χ2v) is 8.58. The quantitative estimate of drug-likeness (QED) is 0.569. The van der Waals surface area contributed by atoms with E-state index in [1.54, 1.807) is 24.4 Å². The molecule has 30 heavy (non-hydrogen) atoms. The molecule has 158 valence electrons. The second-order valence-electron chi connectivity index (χ2n) is 8.15. The maximum atomic E-state index is 12.6. The average molecular weight is 425 g/mol. The zero-order valence-electron chi connectivity index (χ0n) is 17.5. The lowest BCUT2D eigenvalue weighted by Gasteiger charge is -2.39. The molecule has 5 nitrogen and oxygen atoms in total. The third-order valence-corrected chi connectivity index (χ3v) is 6.02.